The number of benzene rings is 2. The molecule has 1 amide bonds. The van der Waals surface area contributed by atoms with Crippen LogP contribution in [-0.2, 0) is 10.2 Å². The van der Waals surface area contributed by atoms with Gasteiger partial charge in [0.1, 0.15) is 0 Å². The Morgan fingerprint density at radius 1 is 1.07 bits per heavy atom. The Bertz CT molecular complexity index is 1020. The Labute approximate surface area is 182 Å². The number of hydrogen-bond acceptors (Lipinski definition) is 5. The molecule has 1 heterocycles. The van der Waals surface area contributed by atoms with Crippen molar-refractivity contribution in [2.75, 3.05) is 5.75 Å². The van der Waals surface area contributed by atoms with E-state index in [1.807, 2.05) is 19.1 Å². The Morgan fingerprint density at radius 2 is 1.77 bits per heavy atom. The molecule has 0 bridgehead atoms. The summed E-state index contributed by atoms with van der Waals surface area (Å²) in [4.78, 5) is 12.3. The average Bonchev–Trinajstić information content (AvgIpc) is 3.17. The van der Waals surface area contributed by atoms with Gasteiger partial charge in [0.15, 0.2) is 0 Å². The molecule has 0 aliphatic carbocycles. The van der Waals surface area contributed by atoms with Crippen molar-refractivity contribution < 1.29 is 9.21 Å². The molecule has 0 saturated heterocycles. The molecule has 1 aromatic heterocycles. The van der Waals surface area contributed by atoms with Crippen LogP contribution >= 0.6 is 11.8 Å². The third-order valence-electron chi connectivity index (χ3n) is 5.14. The molecule has 0 aliphatic rings. The van der Waals surface area contributed by atoms with Crippen LogP contribution in [0.25, 0.3) is 11.5 Å². The zero-order chi connectivity index (χ0) is 21.9. The second kappa shape index (κ2) is 9.04. The lowest BCUT2D eigenvalue weighted by molar-refractivity contribution is -0.119. The van der Waals surface area contributed by atoms with Crippen molar-refractivity contribution in [3.63, 3.8) is 0 Å². The molecule has 0 radical (unpaired) electrons. The molecule has 2 aromatic carbocycles. The summed E-state index contributed by atoms with van der Waals surface area (Å²) in [5.41, 5.74) is 5.76. The molecule has 30 heavy (non-hydrogen) atoms. The number of aromatic nitrogens is 2. The summed E-state index contributed by atoms with van der Waals surface area (Å²) in [5, 5.41) is 11.6. The van der Waals surface area contributed by atoms with Crippen molar-refractivity contribution in [2.24, 2.45) is 0 Å². The maximum absolute atomic E-state index is 12.3. The number of nitrogens with zero attached hydrogens (tertiary/aromatic N) is 2. The van der Waals surface area contributed by atoms with Gasteiger partial charge >= 0.3 is 0 Å². The maximum atomic E-state index is 12.3. The van der Waals surface area contributed by atoms with Crippen LogP contribution in [0.1, 0.15) is 56.0 Å². The van der Waals surface area contributed by atoms with Gasteiger partial charge in [-0.05, 0) is 60.6 Å². The Kier molecular flexibility index (Phi) is 6.66. The van der Waals surface area contributed by atoms with E-state index in [1.54, 1.807) is 0 Å². The van der Waals surface area contributed by atoms with E-state index in [1.165, 1.54) is 28.5 Å². The van der Waals surface area contributed by atoms with Crippen LogP contribution in [-0.4, -0.2) is 21.9 Å². The summed E-state index contributed by atoms with van der Waals surface area (Å²) in [6.07, 6.45) is 0. The first kappa shape index (κ1) is 22.1. The molecule has 0 unspecified atom stereocenters. The molecule has 0 fully saturated rings. The highest BCUT2D eigenvalue weighted by atomic mass is 32.2. The smallest absolute Gasteiger partial charge is 0.277 e. The van der Waals surface area contributed by atoms with E-state index in [0.29, 0.717) is 11.1 Å². The summed E-state index contributed by atoms with van der Waals surface area (Å²) in [5.74, 6) is 0.613. The number of hydrogen-bond donors (Lipinski definition) is 1. The normalized spacial score (nSPS) is 12.6. The van der Waals surface area contributed by atoms with Crippen molar-refractivity contribution in [3.05, 3.63) is 64.7 Å². The van der Waals surface area contributed by atoms with Crippen LogP contribution in [0.5, 0.6) is 0 Å². The van der Waals surface area contributed by atoms with E-state index in [4.69, 9.17) is 4.42 Å². The van der Waals surface area contributed by atoms with E-state index in [9.17, 15) is 4.79 Å². The minimum atomic E-state index is -0.0694. The number of aryl methyl sites for hydroxylation is 2. The van der Waals surface area contributed by atoms with Gasteiger partial charge in [0.25, 0.3) is 5.22 Å². The monoisotopic (exact) mass is 423 g/mol. The lowest BCUT2D eigenvalue weighted by atomic mass is 9.87. The molecule has 5 nitrogen and oxygen atoms in total. The Hall–Kier alpha value is -2.60. The van der Waals surface area contributed by atoms with Crippen LogP contribution in [0, 0.1) is 13.8 Å². The van der Waals surface area contributed by atoms with Crippen molar-refractivity contribution in [2.45, 2.75) is 58.2 Å². The molecule has 3 aromatic rings. The first-order valence-electron chi connectivity index (χ1n) is 10.1. The first-order chi connectivity index (χ1) is 14.1. The molecular weight excluding hydrogens is 394 g/mol. The topological polar surface area (TPSA) is 68.0 Å². The lowest BCUT2D eigenvalue weighted by Crippen LogP contribution is -2.28. The number of carbonyl (C=O) groups excluding carboxylic acids is 1. The molecule has 6 heteroatoms. The third-order valence-corrected chi connectivity index (χ3v) is 5.96. The highest BCUT2D eigenvalue weighted by Crippen LogP contribution is 2.27. The van der Waals surface area contributed by atoms with Crippen molar-refractivity contribution >= 4 is 17.7 Å². The van der Waals surface area contributed by atoms with Gasteiger partial charge in [-0.2, -0.15) is 0 Å². The molecular formula is C24H29N3O2S. The largest absolute Gasteiger partial charge is 0.411 e. The van der Waals surface area contributed by atoms with Gasteiger partial charge in [0, 0.05) is 5.56 Å². The maximum Gasteiger partial charge on any atom is 0.277 e. The molecule has 1 atom stereocenters. The van der Waals surface area contributed by atoms with Gasteiger partial charge in [-0.15, -0.1) is 10.2 Å². The second-order valence-corrected chi connectivity index (χ2v) is 9.55. The quantitative estimate of drug-likeness (QED) is 0.521. The van der Waals surface area contributed by atoms with Gasteiger partial charge in [-0.1, -0.05) is 62.9 Å². The Morgan fingerprint density at radius 3 is 2.40 bits per heavy atom. The third kappa shape index (κ3) is 5.51. The average molecular weight is 424 g/mol. The Balaban J connectivity index is 1.56. The van der Waals surface area contributed by atoms with Crippen molar-refractivity contribution in [1.82, 2.24) is 15.5 Å². The minimum Gasteiger partial charge on any atom is -0.411 e. The van der Waals surface area contributed by atoms with Gasteiger partial charge in [-0.3, -0.25) is 4.79 Å². The second-order valence-electron chi connectivity index (χ2n) is 8.62. The number of carbonyl (C=O) groups is 1. The lowest BCUT2D eigenvalue weighted by Gasteiger charge is -2.18. The van der Waals surface area contributed by atoms with E-state index >= 15 is 0 Å². The fourth-order valence-electron chi connectivity index (χ4n) is 3.03. The highest BCUT2D eigenvalue weighted by molar-refractivity contribution is 7.99. The minimum absolute atomic E-state index is 0.0584. The van der Waals surface area contributed by atoms with Gasteiger partial charge in [0.2, 0.25) is 11.8 Å². The number of nitrogens with one attached hydrogen (secondary N) is 1. The van der Waals surface area contributed by atoms with Crippen LogP contribution < -0.4 is 5.32 Å². The first-order valence-corrected chi connectivity index (χ1v) is 11.1. The zero-order valence-electron chi connectivity index (χ0n) is 18.4. The van der Waals surface area contributed by atoms with E-state index in [-0.39, 0.29) is 23.1 Å². The predicted octanol–water partition coefficient (Wildman–Crippen LogP) is 5.62. The van der Waals surface area contributed by atoms with Gasteiger partial charge < -0.3 is 9.73 Å². The summed E-state index contributed by atoms with van der Waals surface area (Å²) in [7, 11) is 0. The van der Waals surface area contributed by atoms with Crippen molar-refractivity contribution in [1.29, 1.82) is 0 Å². The summed E-state index contributed by atoms with van der Waals surface area (Å²) in [6.45, 7) is 12.7. The number of thioether (sulfide) groups is 1. The fraction of sp³-hybridized carbons (Fsp3) is 0.375. The molecule has 0 saturated carbocycles. The van der Waals surface area contributed by atoms with Crippen LogP contribution in [0.2, 0.25) is 0 Å². The number of rotatable bonds is 6. The fourth-order valence-corrected chi connectivity index (χ4v) is 3.60. The summed E-state index contributed by atoms with van der Waals surface area (Å²) in [6, 6.07) is 14.3. The SMILES string of the molecule is Cc1ccc([C@H](C)NC(=O)CSc2nnc(-c3ccc(C(C)(C)C)cc3)o2)cc1C. The van der Waals surface area contributed by atoms with E-state index < -0.39 is 0 Å². The van der Waals surface area contributed by atoms with E-state index in [2.05, 4.69) is 80.5 Å². The molecule has 0 aliphatic heterocycles. The van der Waals surface area contributed by atoms with E-state index in [0.717, 1.165) is 11.1 Å². The van der Waals surface area contributed by atoms with Crippen LogP contribution in [0.4, 0.5) is 0 Å². The number of amides is 1. The zero-order valence-corrected chi connectivity index (χ0v) is 19.3. The molecule has 3 rings (SSSR count). The molecule has 158 valence electrons. The molecule has 0 spiro atoms. The van der Waals surface area contributed by atoms with Crippen LogP contribution in [0.15, 0.2) is 52.1 Å². The molecule has 1 N–H and O–H groups in total. The highest BCUT2D eigenvalue weighted by Gasteiger charge is 2.16. The van der Waals surface area contributed by atoms with Crippen LogP contribution in [0.3, 0.4) is 0 Å². The van der Waals surface area contributed by atoms with Gasteiger partial charge in [0.05, 0.1) is 11.8 Å². The van der Waals surface area contributed by atoms with Gasteiger partial charge in [-0.25, -0.2) is 0 Å². The summed E-state index contributed by atoms with van der Waals surface area (Å²) >= 11 is 1.24. The summed E-state index contributed by atoms with van der Waals surface area (Å²) < 4.78 is 5.72. The predicted molar refractivity (Wildman–Crippen MR) is 122 cm³/mol. The van der Waals surface area contributed by atoms with Crippen molar-refractivity contribution in [3.8, 4) is 11.5 Å². The standard InChI is InChI=1S/C24H29N3O2S/c1-15-7-8-19(13-16(15)2)17(3)25-21(28)14-30-23-27-26-22(29-23)18-9-11-20(12-10-18)24(4,5)6/h7-13,17H,14H2,1-6H3,(H,25,28)/t17-/m0/s1.